The molecular formula is C13H16N6O. The molecule has 0 spiro atoms. The molecule has 3 N–H and O–H groups in total. The number of carbonyl (C=O) groups is 1. The average Bonchev–Trinajstić information content (AvgIpc) is 2.46. The molecule has 7 heteroatoms. The molecular weight excluding hydrogens is 256 g/mol. The first kappa shape index (κ1) is 13.9. The molecule has 2 aromatic heterocycles. The summed E-state index contributed by atoms with van der Waals surface area (Å²) in [6.07, 6.45) is 3.03. The summed E-state index contributed by atoms with van der Waals surface area (Å²) in [5, 5.41) is 10.3. The number of amides is 1. The van der Waals surface area contributed by atoms with Crippen molar-refractivity contribution in [3.8, 4) is 0 Å². The highest BCUT2D eigenvalue weighted by Crippen LogP contribution is 2.13. The molecule has 0 unspecified atom stereocenters. The summed E-state index contributed by atoms with van der Waals surface area (Å²) >= 11 is 0. The van der Waals surface area contributed by atoms with Crippen molar-refractivity contribution in [2.45, 2.75) is 26.3 Å². The Hall–Kier alpha value is -2.57. The number of rotatable bonds is 4. The molecule has 0 aliphatic carbocycles. The van der Waals surface area contributed by atoms with E-state index in [9.17, 15) is 4.79 Å². The monoisotopic (exact) mass is 272 g/mol. The van der Waals surface area contributed by atoms with Crippen LogP contribution in [0.5, 0.6) is 0 Å². The highest BCUT2D eigenvalue weighted by atomic mass is 16.1. The van der Waals surface area contributed by atoms with Crippen LogP contribution in [0, 0.1) is 0 Å². The summed E-state index contributed by atoms with van der Waals surface area (Å²) in [5.41, 5.74) is 6.85. The van der Waals surface area contributed by atoms with Crippen molar-refractivity contribution >= 4 is 11.6 Å². The van der Waals surface area contributed by atoms with E-state index < -0.39 is 0 Å². The van der Waals surface area contributed by atoms with E-state index >= 15 is 0 Å². The van der Waals surface area contributed by atoms with E-state index in [0.717, 1.165) is 0 Å². The van der Waals surface area contributed by atoms with Gasteiger partial charge in [-0.15, -0.1) is 0 Å². The van der Waals surface area contributed by atoms with Crippen LogP contribution < -0.4 is 11.1 Å². The van der Waals surface area contributed by atoms with Gasteiger partial charge in [-0.3, -0.25) is 4.79 Å². The standard InChI is InChI=1S/C13H16N6O/c1-8(2)12-15-7-10(14)11(18-12)13(20)16-6-9-4-3-5-17-19-9/h3-5,7-8H,6,14H2,1-2H3,(H,16,20). The second-order valence-corrected chi connectivity index (χ2v) is 4.58. The zero-order valence-electron chi connectivity index (χ0n) is 11.4. The fourth-order valence-corrected chi connectivity index (χ4v) is 1.55. The SMILES string of the molecule is CC(C)c1ncc(N)c(C(=O)NCc2cccnn2)n1. The van der Waals surface area contributed by atoms with Gasteiger partial charge in [0, 0.05) is 12.1 Å². The van der Waals surface area contributed by atoms with Crippen LogP contribution in [0.15, 0.2) is 24.5 Å². The second kappa shape index (κ2) is 6.05. The largest absolute Gasteiger partial charge is 0.396 e. The van der Waals surface area contributed by atoms with Crippen LogP contribution >= 0.6 is 0 Å². The third-order valence-electron chi connectivity index (χ3n) is 2.62. The third kappa shape index (κ3) is 3.25. The normalized spacial score (nSPS) is 10.6. The smallest absolute Gasteiger partial charge is 0.272 e. The number of aromatic nitrogens is 4. The first-order valence-electron chi connectivity index (χ1n) is 6.25. The fourth-order valence-electron chi connectivity index (χ4n) is 1.55. The molecule has 0 radical (unpaired) electrons. The Kier molecular flexibility index (Phi) is 4.19. The lowest BCUT2D eigenvalue weighted by Gasteiger charge is -2.09. The van der Waals surface area contributed by atoms with Gasteiger partial charge < -0.3 is 11.1 Å². The molecule has 0 aliphatic rings. The van der Waals surface area contributed by atoms with E-state index in [2.05, 4.69) is 25.5 Å². The van der Waals surface area contributed by atoms with Crippen molar-refractivity contribution in [3.05, 3.63) is 41.7 Å². The van der Waals surface area contributed by atoms with Crippen LogP contribution in [-0.4, -0.2) is 26.1 Å². The molecule has 0 saturated carbocycles. The molecule has 20 heavy (non-hydrogen) atoms. The molecule has 0 bridgehead atoms. The highest BCUT2D eigenvalue weighted by Gasteiger charge is 2.14. The maximum atomic E-state index is 12.1. The zero-order valence-corrected chi connectivity index (χ0v) is 11.4. The van der Waals surface area contributed by atoms with Gasteiger partial charge in [-0.25, -0.2) is 9.97 Å². The van der Waals surface area contributed by atoms with Crippen LogP contribution in [0.25, 0.3) is 0 Å². The Balaban J connectivity index is 2.11. The maximum Gasteiger partial charge on any atom is 0.272 e. The molecule has 0 atom stereocenters. The number of hydrogen-bond donors (Lipinski definition) is 2. The number of anilines is 1. The lowest BCUT2D eigenvalue weighted by Crippen LogP contribution is -2.26. The van der Waals surface area contributed by atoms with E-state index in [1.165, 1.54) is 6.20 Å². The van der Waals surface area contributed by atoms with Crippen molar-refractivity contribution in [3.63, 3.8) is 0 Å². The van der Waals surface area contributed by atoms with Gasteiger partial charge in [0.05, 0.1) is 24.1 Å². The number of nitrogens with two attached hydrogens (primary N) is 1. The first-order chi connectivity index (χ1) is 9.58. The molecule has 0 aromatic carbocycles. The van der Waals surface area contributed by atoms with Crippen molar-refractivity contribution < 1.29 is 4.79 Å². The molecule has 2 rings (SSSR count). The van der Waals surface area contributed by atoms with Crippen LogP contribution in [0.2, 0.25) is 0 Å². The summed E-state index contributed by atoms with van der Waals surface area (Å²) in [5.74, 6) is 0.364. The van der Waals surface area contributed by atoms with Crippen molar-refractivity contribution in [2.75, 3.05) is 5.73 Å². The number of carbonyl (C=O) groups excluding carboxylic acids is 1. The van der Waals surface area contributed by atoms with Gasteiger partial charge in [0.15, 0.2) is 5.69 Å². The van der Waals surface area contributed by atoms with Gasteiger partial charge in [-0.2, -0.15) is 10.2 Å². The van der Waals surface area contributed by atoms with Gasteiger partial charge in [-0.05, 0) is 12.1 Å². The third-order valence-corrected chi connectivity index (χ3v) is 2.62. The van der Waals surface area contributed by atoms with E-state index in [1.807, 2.05) is 13.8 Å². The van der Waals surface area contributed by atoms with Crippen LogP contribution in [-0.2, 0) is 6.54 Å². The lowest BCUT2D eigenvalue weighted by molar-refractivity contribution is 0.0946. The first-order valence-corrected chi connectivity index (χ1v) is 6.25. The van der Waals surface area contributed by atoms with Crippen LogP contribution in [0.3, 0.4) is 0 Å². The number of nitrogens with zero attached hydrogens (tertiary/aromatic N) is 4. The summed E-state index contributed by atoms with van der Waals surface area (Å²) in [7, 11) is 0. The molecule has 2 aromatic rings. The number of nitrogen functional groups attached to an aromatic ring is 1. The predicted molar refractivity (Wildman–Crippen MR) is 73.7 cm³/mol. The zero-order chi connectivity index (χ0) is 14.5. The Morgan fingerprint density at radius 1 is 1.45 bits per heavy atom. The molecule has 104 valence electrons. The fraction of sp³-hybridized carbons (Fsp3) is 0.308. The topological polar surface area (TPSA) is 107 Å². The van der Waals surface area contributed by atoms with Crippen LogP contribution in [0.1, 0.15) is 41.8 Å². The quantitative estimate of drug-likeness (QED) is 0.856. The van der Waals surface area contributed by atoms with Crippen LogP contribution in [0.4, 0.5) is 5.69 Å². The van der Waals surface area contributed by atoms with Gasteiger partial charge in [0.2, 0.25) is 0 Å². The Morgan fingerprint density at radius 3 is 2.90 bits per heavy atom. The van der Waals surface area contributed by atoms with Gasteiger partial charge in [-0.1, -0.05) is 13.8 Å². The van der Waals surface area contributed by atoms with E-state index in [-0.39, 0.29) is 29.8 Å². The van der Waals surface area contributed by atoms with Gasteiger partial charge >= 0.3 is 0 Å². The van der Waals surface area contributed by atoms with E-state index in [1.54, 1.807) is 18.3 Å². The van der Waals surface area contributed by atoms with Crippen molar-refractivity contribution in [2.24, 2.45) is 0 Å². The summed E-state index contributed by atoms with van der Waals surface area (Å²) in [6.45, 7) is 4.17. The summed E-state index contributed by atoms with van der Waals surface area (Å²) < 4.78 is 0. The molecule has 2 heterocycles. The maximum absolute atomic E-state index is 12.1. The summed E-state index contributed by atoms with van der Waals surface area (Å²) in [6, 6.07) is 3.53. The number of hydrogen-bond acceptors (Lipinski definition) is 6. The lowest BCUT2D eigenvalue weighted by atomic mass is 10.2. The molecule has 0 aliphatic heterocycles. The summed E-state index contributed by atoms with van der Waals surface area (Å²) in [4.78, 5) is 20.4. The molecule has 0 saturated heterocycles. The predicted octanol–water partition coefficient (Wildman–Crippen LogP) is 0.902. The minimum absolute atomic E-state index is 0.127. The molecule has 0 fully saturated rings. The second-order valence-electron chi connectivity index (χ2n) is 4.58. The van der Waals surface area contributed by atoms with Gasteiger partial charge in [0.1, 0.15) is 5.82 Å². The Labute approximate surface area is 116 Å². The van der Waals surface area contributed by atoms with Crippen molar-refractivity contribution in [1.82, 2.24) is 25.5 Å². The average molecular weight is 272 g/mol. The highest BCUT2D eigenvalue weighted by molar-refractivity contribution is 5.96. The molecule has 7 nitrogen and oxygen atoms in total. The van der Waals surface area contributed by atoms with E-state index in [0.29, 0.717) is 11.5 Å². The minimum atomic E-state index is -0.350. The van der Waals surface area contributed by atoms with E-state index in [4.69, 9.17) is 5.73 Å². The number of nitrogens with one attached hydrogen (secondary N) is 1. The van der Waals surface area contributed by atoms with Crippen molar-refractivity contribution in [1.29, 1.82) is 0 Å². The Morgan fingerprint density at radius 2 is 2.25 bits per heavy atom. The van der Waals surface area contributed by atoms with Gasteiger partial charge in [0.25, 0.3) is 5.91 Å². The minimum Gasteiger partial charge on any atom is -0.396 e. The Bertz CT molecular complexity index is 599. The molecule has 1 amide bonds.